The molecule has 0 aromatic heterocycles. The topological polar surface area (TPSA) is 36.9 Å². The summed E-state index contributed by atoms with van der Waals surface area (Å²) in [6.07, 6.45) is 0. The molecule has 0 spiro atoms. The molecule has 0 amide bonds. The first kappa shape index (κ1) is 19.6. The van der Waals surface area contributed by atoms with E-state index in [1.165, 1.54) is 0 Å². The minimum atomic E-state index is 0.00984. The van der Waals surface area contributed by atoms with Gasteiger partial charge in [-0.05, 0) is 65.2 Å². The predicted molar refractivity (Wildman–Crippen MR) is 147 cm³/mol. The van der Waals surface area contributed by atoms with E-state index in [9.17, 15) is 0 Å². The standard InChI is InChI=1S/C31H18B2O4/c1-17-30-20(32-18-8-2-4-10-22(18)34-24-12-6-14-26(36-30)28(24)32)16-21-31(17)37-27-15-7-13-25-29(27)33(21)19-9-3-5-11-23(19)35-25/h2-16H,1H3. The number of hydrogen-bond donors (Lipinski definition) is 0. The first-order chi connectivity index (χ1) is 18.3. The average Bonchev–Trinajstić information content (AvgIpc) is 2.94. The zero-order chi connectivity index (χ0) is 24.2. The molecule has 0 aliphatic carbocycles. The van der Waals surface area contributed by atoms with Crippen molar-refractivity contribution in [1.29, 1.82) is 0 Å². The van der Waals surface area contributed by atoms with Gasteiger partial charge >= 0.3 is 0 Å². The number of ether oxygens (including phenoxy) is 4. The molecule has 172 valence electrons. The molecule has 6 heteroatoms. The van der Waals surface area contributed by atoms with E-state index in [4.69, 9.17) is 18.9 Å². The summed E-state index contributed by atoms with van der Waals surface area (Å²) in [7, 11) is 0. The fraction of sp³-hybridized carbons (Fsp3) is 0.0323. The highest BCUT2D eigenvalue weighted by Gasteiger charge is 2.45. The molecule has 0 unspecified atom stereocenters. The van der Waals surface area contributed by atoms with Gasteiger partial charge in [0.15, 0.2) is 0 Å². The van der Waals surface area contributed by atoms with Gasteiger partial charge in [-0.25, -0.2) is 0 Å². The molecule has 4 nitrogen and oxygen atoms in total. The Morgan fingerprint density at radius 2 is 0.838 bits per heavy atom. The van der Waals surface area contributed by atoms with Crippen LogP contribution in [-0.4, -0.2) is 13.4 Å². The third-order valence-corrected chi connectivity index (χ3v) is 8.09. The van der Waals surface area contributed by atoms with Gasteiger partial charge in [-0.15, -0.1) is 0 Å². The van der Waals surface area contributed by atoms with E-state index in [0.29, 0.717) is 0 Å². The van der Waals surface area contributed by atoms with Crippen LogP contribution in [0.25, 0.3) is 0 Å². The van der Waals surface area contributed by atoms with Crippen molar-refractivity contribution < 1.29 is 18.9 Å². The van der Waals surface area contributed by atoms with Crippen LogP contribution >= 0.6 is 0 Å². The molecular formula is C31H18B2O4. The van der Waals surface area contributed by atoms with Crippen molar-refractivity contribution in [3.05, 3.63) is 96.6 Å². The second-order valence-electron chi connectivity index (χ2n) is 10.0. The zero-order valence-electron chi connectivity index (χ0n) is 19.9. The predicted octanol–water partition coefficient (Wildman–Crippen LogP) is 3.45. The molecule has 9 rings (SSSR count). The first-order valence-corrected chi connectivity index (χ1v) is 12.6. The maximum atomic E-state index is 6.62. The summed E-state index contributed by atoms with van der Waals surface area (Å²) in [5, 5.41) is 0. The van der Waals surface area contributed by atoms with Crippen LogP contribution in [0.4, 0.5) is 0 Å². The zero-order valence-corrected chi connectivity index (χ0v) is 19.9. The van der Waals surface area contributed by atoms with Crippen LogP contribution in [0.3, 0.4) is 0 Å². The lowest BCUT2D eigenvalue weighted by atomic mass is 9.31. The van der Waals surface area contributed by atoms with E-state index < -0.39 is 0 Å². The van der Waals surface area contributed by atoms with Crippen LogP contribution in [0.5, 0.6) is 46.0 Å². The molecule has 0 radical (unpaired) electrons. The Kier molecular flexibility index (Phi) is 3.60. The molecule has 4 aliphatic rings. The van der Waals surface area contributed by atoms with E-state index in [-0.39, 0.29) is 13.4 Å². The van der Waals surface area contributed by atoms with Gasteiger partial charge in [-0.2, -0.15) is 0 Å². The summed E-state index contributed by atoms with van der Waals surface area (Å²) >= 11 is 0. The van der Waals surface area contributed by atoms with Gasteiger partial charge in [-0.3, -0.25) is 0 Å². The Morgan fingerprint density at radius 3 is 1.32 bits per heavy atom. The van der Waals surface area contributed by atoms with E-state index in [1.807, 2.05) is 60.7 Å². The number of rotatable bonds is 0. The molecule has 0 saturated carbocycles. The molecule has 0 fully saturated rings. The minimum absolute atomic E-state index is 0.00984. The molecule has 0 N–H and O–H groups in total. The Hall–Kier alpha value is -4.57. The number of fused-ring (bicyclic) bond motifs is 8. The summed E-state index contributed by atoms with van der Waals surface area (Å²) in [4.78, 5) is 0. The van der Waals surface area contributed by atoms with Crippen molar-refractivity contribution in [3.8, 4) is 46.0 Å². The molecular weight excluding hydrogens is 458 g/mol. The van der Waals surface area contributed by atoms with E-state index in [1.54, 1.807) is 0 Å². The smallest absolute Gasteiger partial charge is 0.260 e. The quantitative estimate of drug-likeness (QED) is 0.315. The van der Waals surface area contributed by atoms with Crippen LogP contribution in [0, 0.1) is 6.92 Å². The van der Waals surface area contributed by atoms with Gasteiger partial charge in [0, 0.05) is 16.5 Å². The molecule has 4 aliphatic heterocycles. The van der Waals surface area contributed by atoms with Gasteiger partial charge < -0.3 is 18.9 Å². The second kappa shape index (κ2) is 6.80. The van der Waals surface area contributed by atoms with Crippen LogP contribution in [0.2, 0.25) is 0 Å². The summed E-state index contributed by atoms with van der Waals surface area (Å²) in [5.74, 6) is 6.88. The van der Waals surface area contributed by atoms with Crippen LogP contribution in [0.15, 0.2) is 91.0 Å². The van der Waals surface area contributed by atoms with E-state index >= 15 is 0 Å². The molecule has 4 heterocycles. The van der Waals surface area contributed by atoms with E-state index in [2.05, 4.69) is 37.3 Å². The lowest BCUT2D eigenvalue weighted by Gasteiger charge is -2.37. The SMILES string of the molecule is Cc1c2c(cc3c1Oc1cccc4c1B3c1ccccc1O4)B1c3ccccc3Oc3cccc(c31)O2. The van der Waals surface area contributed by atoms with Crippen molar-refractivity contribution in [3.63, 3.8) is 0 Å². The maximum absolute atomic E-state index is 6.62. The van der Waals surface area contributed by atoms with Crippen LogP contribution in [0.1, 0.15) is 5.56 Å². The lowest BCUT2D eigenvalue weighted by Crippen LogP contribution is -2.61. The summed E-state index contributed by atoms with van der Waals surface area (Å²) in [6, 6.07) is 31.0. The molecule has 0 bridgehead atoms. The number of para-hydroxylation sites is 2. The molecule has 0 saturated heterocycles. The Morgan fingerprint density at radius 1 is 0.432 bits per heavy atom. The van der Waals surface area contributed by atoms with Crippen molar-refractivity contribution in [2.75, 3.05) is 0 Å². The first-order valence-electron chi connectivity index (χ1n) is 12.6. The fourth-order valence-electron chi connectivity index (χ4n) is 6.55. The van der Waals surface area contributed by atoms with Gasteiger partial charge in [0.05, 0.1) is 0 Å². The summed E-state index contributed by atoms with van der Waals surface area (Å²) < 4.78 is 25.9. The molecule has 0 atom stereocenters. The average molecular weight is 476 g/mol. The summed E-state index contributed by atoms with van der Waals surface area (Å²) in [6.45, 7) is 2.13. The Balaban J connectivity index is 1.35. The lowest BCUT2D eigenvalue weighted by molar-refractivity contribution is 0.447. The molecule has 5 aromatic rings. The number of hydrogen-bond acceptors (Lipinski definition) is 4. The Bertz CT molecular complexity index is 1700. The highest BCUT2D eigenvalue weighted by Crippen LogP contribution is 2.41. The van der Waals surface area contributed by atoms with Crippen LogP contribution in [-0.2, 0) is 0 Å². The Labute approximate surface area is 214 Å². The number of benzene rings is 5. The van der Waals surface area contributed by atoms with Crippen molar-refractivity contribution in [1.82, 2.24) is 0 Å². The van der Waals surface area contributed by atoms with Crippen molar-refractivity contribution >= 4 is 46.2 Å². The van der Waals surface area contributed by atoms with E-state index in [0.717, 1.165) is 84.3 Å². The van der Waals surface area contributed by atoms with Crippen molar-refractivity contribution in [2.45, 2.75) is 6.92 Å². The van der Waals surface area contributed by atoms with Crippen molar-refractivity contribution in [2.24, 2.45) is 0 Å². The largest absolute Gasteiger partial charge is 0.458 e. The normalized spacial score (nSPS) is 14.3. The van der Waals surface area contributed by atoms with Gasteiger partial charge in [0.2, 0.25) is 0 Å². The summed E-state index contributed by atoms with van der Waals surface area (Å²) in [5.41, 5.74) is 7.75. The van der Waals surface area contributed by atoms with Gasteiger partial charge in [0.25, 0.3) is 13.4 Å². The van der Waals surface area contributed by atoms with Gasteiger partial charge in [-0.1, -0.05) is 54.6 Å². The third kappa shape index (κ3) is 2.45. The second-order valence-corrected chi connectivity index (χ2v) is 10.0. The maximum Gasteiger partial charge on any atom is 0.260 e. The fourth-order valence-corrected chi connectivity index (χ4v) is 6.55. The molecule has 37 heavy (non-hydrogen) atoms. The monoisotopic (exact) mass is 476 g/mol. The van der Waals surface area contributed by atoms with Crippen LogP contribution < -0.4 is 51.7 Å². The molecule has 5 aromatic carbocycles. The van der Waals surface area contributed by atoms with Gasteiger partial charge in [0.1, 0.15) is 46.0 Å². The highest BCUT2D eigenvalue weighted by molar-refractivity contribution is 7.01. The highest BCUT2D eigenvalue weighted by atomic mass is 16.5. The third-order valence-electron chi connectivity index (χ3n) is 8.09. The minimum Gasteiger partial charge on any atom is -0.458 e.